The summed E-state index contributed by atoms with van der Waals surface area (Å²) in [5.41, 5.74) is 1.83. The van der Waals surface area contributed by atoms with E-state index in [2.05, 4.69) is 0 Å². The zero-order valence-corrected chi connectivity index (χ0v) is 31.3. The quantitative estimate of drug-likeness (QED) is 0.110. The van der Waals surface area contributed by atoms with E-state index in [0.29, 0.717) is 47.3 Å². The zero-order valence-electron chi connectivity index (χ0n) is 31.3. The van der Waals surface area contributed by atoms with E-state index in [1.165, 1.54) is 0 Å². The molecule has 2 aromatic rings. The molecule has 0 spiro atoms. The molecule has 0 amide bonds. The van der Waals surface area contributed by atoms with E-state index in [0.717, 1.165) is 5.56 Å². The van der Waals surface area contributed by atoms with Crippen molar-refractivity contribution in [3.63, 3.8) is 0 Å². The van der Waals surface area contributed by atoms with Crippen molar-refractivity contribution >= 4 is 0 Å². The van der Waals surface area contributed by atoms with Crippen LogP contribution >= 0.6 is 0 Å². The van der Waals surface area contributed by atoms with Gasteiger partial charge < -0.3 is 103 Å². The van der Waals surface area contributed by atoms with Crippen LogP contribution in [-0.4, -0.2) is 184 Å². The molecule has 0 saturated carbocycles. The maximum absolute atomic E-state index is 11.5. The maximum Gasteiger partial charge on any atom is 0.231 e. The number of rotatable bonds is 10. The van der Waals surface area contributed by atoms with Crippen LogP contribution in [0.15, 0.2) is 30.3 Å². The summed E-state index contributed by atoms with van der Waals surface area (Å²) >= 11 is 0. The van der Waals surface area contributed by atoms with Crippen LogP contribution in [0.5, 0.6) is 23.0 Å². The second-order valence-corrected chi connectivity index (χ2v) is 15.7. The molecule has 0 aromatic heterocycles. The number of hydrogen-bond donors (Lipinski definition) is 10. The summed E-state index contributed by atoms with van der Waals surface area (Å²) in [5.74, 6) is 1.80. The molecule has 0 unspecified atom stereocenters. The highest BCUT2D eigenvalue weighted by atomic mass is 16.8. The van der Waals surface area contributed by atoms with E-state index < -0.39 is 118 Å². The van der Waals surface area contributed by atoms with Crippen LogP contribution in [0.2, 0.25) is 0 Å². The minimum Gasteiger partial charge on any atom is -0.454 e. The van der Waals surface area contributed by atoms with Gasteiger partial charge in [0.2, 0.25) is 13.6 Å². The number of hydrogen-bond acceptors (Lipinski definition) is 21. The first-order chi connectivity index (χ1) is 28.5. The molecular weight excluding hydrogens is 792 g/mol. The van der Waals surface area contributed by atoms with Gasteiger partial charge in [0, 0.05) is 11.8 Å². The number of ether oxygens (including phenoxy) is 11. The van der Waals surface area contributed by atoms with Gasteiger partial charge in [0.1, 0.15) is 79.4 Å². The monoisotopic (exact) mass is 840 g/mol. The Bertz CT molecular complexity index is 1800. The Hall–Kier alpha value is -3.04. The molecule has 0 aliphatic carbocycles. The van der Waals surface area contributed by atoms with Crippen molar-refractivity contribution < 1.29 is 103 Å². The summed E-state index contributed by atoms with van der Waals surface area (Å²) in [4.78, 5) is 0. The normalized spacial score (nSPS) is 43.9. The lowest BCUT2D eigenvalue weighted by atomic mass is 9.81. The fourth-order valence-electron chi connectivity index (χ4n) is 8.97. The van der Waals surface area contributed by atoms with E-state index in [9.17, 15) is 51.1 Å². The minimum atomic E-state index is -1.89. The molecule has 5 saturated heterocycles. The topological polar surface area (TPSA) is 304 Å². The van der Waals surface area contributed by atoms with Crippen molar-refractivity contribution in [2.24, 2.45) is 11.8 Å². The first-order valence-electron chi connectivity index (χ1n) is 19.4. The standard InChI is InChI=1S/C38H48O21/c39-6-22-25(41)29(45)32(48)37(57-22)59-36-30(46)26(42)23(7-40)58-38(36)51-10-24-27(43)28(44)31(47)35(56-24)15-5-21-20(54-12-55-21)4-14(15)34-17-9-49-33(16(17)8-50-34)13-1-2-18-19(3-13)53-11-52-18/h1-5,16-17,22-48H,6-12H2/t16-,17-,22+,23+,24+,25+,26+,27+,28-,29-,30-,31+,32+,33+,34+,35-,36+,37-,38+/m0/s1. The molecule has 0 radical (unpaired) electrons. The molecule has 9 rings (SSSR count). The highest BCUT2D eigenvalue weighted by Gasteiger charge is 2.54. The van der Waals surface area contributed by atoms with Gasteiger partial charge in [-0.3, -0.25) is 0 Å². The van der Waals surface area contributed by atoms with Crippen LogP contribution in [-0.2, 0) is 33.2 Å². The summed E-state index contributed by atoms with van der Waals surface area (Å²) in [7, 11) is 0. The third-order valence-corrected chi connectivity index (χ3v) is 12.3. The molecule has 326 valence electrons. The molecule has 21 nitrogen and oxygen atoms in total. The Labute approximate surface area is 335 Å². The van der Waals surface area contributed by atoms with E-state index in [1.807, 2.05) is 18.2 Å². The van der Waals surface area contributed by atoms with E-state index in [1.54, 1.807) is 12.1 Å². The van der Waals surface area contributed by atoms with Gasteiger partial charge in [-0.05, 0) is 41.0 Å². The first-order valence-corrected chi connectivity index (χ1v) is 19.4. The Kier molecular flexibility index (Phi) is 11.7. The van der Waals surface area contributed by atoms with Crippen LogP contribution in [0.3, 0.4) is 0 Å². The molecule has 19 atom stereocenters. The lowest BCUT2D eigenvalue weighted by Gasteiger charge is -2.46. The van der Waals surface area contributed by atoms with Gasteiger partial charge in [-0.15, -0.1) is 0 Å². The van der Waals surface area contributed by atoms with Crippen molar-refractivity contribution in [1.29, 1.82) is 0 Å². The van der Waals surface area contributed by atoms with E-state index in [-0.39, 0.29) is 31.5 Å². The van der Waals surface area contributed by atoms with E-state index in [4.69, 9.17) is 52.1 Å². The lowest BCUT2D eigenvalue weighted by molar-refractivity contribution is -0.370. The molecule has 10 N–H and O–H groups in total. The highest BCUT2D eigenvalue weighted by Crippen LogP contribution is 2.54. The van der Waals surface area contributed by atoms with Gasteiger partial charge in [0.25, 0.3) is 0 Å². The number of benzene rings is 2. The average molecular weight is 841 g/mol. The predicted octanol–water partition coefficient (Wildman–Crippen LogP) is -3.62. The highest BCUT2D eigenvalue weighted by molar-refractivity contribution is 5.51. The van der Waals surface area contributed by atoms with Crippen molar-refractivity contribution in [1.82, 2.24) is 0 Å². The van der Waals surface area contributed by atoms with Crippen molar-refractivity contribution in [3.8, 4) is 23.0 Å². The maximum atomic E-state index is 11.5. The first kappa shape index (κ1) is 41.3. The number of aliphatic hydroxyl groups is 10. The summed E-state index contributed by atoms with van der Waals surface area (Å²) in [5, 5.41) is 106. The molecular formula is C38H48O21. The fraction of sp³-hybridized carbons (Fsp3) is 0.684. The average Bonchev–Trinajstić information content (AvgIpc) is 4.07. The van der Waals surface area contributed by atoms with Crippen LogP contribution in [0, 0.1) is 11.8 Å². The van der Waals surface area contributed by atoms with Gasteiger partial charge in [-0.1, -0.05) is 6.07 Å². The number of fused-ring (bicyclic) bond motifs is 3. The second kappa shape index (κ2) is 16.7. The lowest BCUT2D eigenvalue weighted by Crippen LogP contribution is -2.65. The van der Waals surface area contributed by atoms with Crippen molar-refractivity contribution in [2.45, 2.75) is 104 Å². The van der Waals surface area contributed by atoms with Gasteiger partial charge in [-0.25, -0.2) is 0 Å². The van der Waals surface area contributed by atoms with Gasteiger partial charge in [0.15, 0.2) is 35.6 Å². The third-order valence-electron chi connectivity index (χ3n) is 12.3. The minimum absolute atomic E-state index is 0.0693. The van der Waals surface area contributed by atoms with Crippen molar-refractivity contribution in [3.05, 3.63) is 47.0 Å². The summed E-state index contributed by atoms with van der Waals surface area (Å²) < 4.78 is 64.3. The second-order valence-electron chi connectivity index (χ2n) is 15.7. The Morgan fingerprint density at radius 1 is 0.508 bits per heavy atom. The molecule has 59 heavy (non-hydrogen) atoms. The Balaban J connectivity index is 0.954. The molecule has 21 heteroatoms. The molecule has 7 aliphatic rings. The van der Waals surface area contributed by atoms with Gasteiger partial charge in [-0.2, -0.15) is 0 Å². The molecule has 7 heterocycles. The van der Waals surface area contributed by atoms with Crippen LogP contribution in [0.1, 0.15) is 35.0 Å². The largest absolute Gasteiger partial charge is 0.454 e. The third kappa shape index (κ3) is 7.34. The fourth-order valence-corrected chi connectivity index (χ4v) is 8.97. The summed E-state index contributed by atoms with van der Waals surface area (Å²) in [6, 6.07) is 9.01. The zero-order chi connectivity index (χ0) is 41.3. The van der Waals surface area contributed by atoms with Crippen LogP contribution in [0.4, 0.5) is 0 Å². The van der Waals surface area contributed by atoms with Gasteiger partial charge >= 0.3 is 0 Å². The van der Waals surface area contributed by atoms with E-state index >= 15 is 0 Å². The van der Waals surface area contributed by atoms with Crippen LogP contribution in [0.25, 0.3) is 0 Å². The Morgan fingerprint density at radius 3 is 1.73 bits per heavy atom. The van der Waals surface area contributed by atoms with Crippen molar-refractivity contribution in [2.75, 3.05) is 46.6 Å². The number of aliphatic hydroxyl groups excluding tert-OH is 10. The molecule has 2 aromatic carbocycles. The molecule has 0 bridgehead atoms. The van der Waals surface area contributed by atoms with Gasteiger partial charge in [0.05, 0.1) is 45.2 Å². The molecule has 7 aliphatic heterocycles. The summed E-state index contributed by atoms with van der Waals surface area (Å²) in [6.45, 7) is -1.42. The smallest absolute Gasteiger partial charge is 0.231 e. The SMILES string of the molecule is OC[C@H]1O[C@@H](O[C@H]2[C@H](OC[C@H]3O[C@@H](c4cc5c(cc4[C@H]4OC[C@H]6[C@@H]4CO[C@@H]6c4ccc6c(c4)OCO6)OCO5)[C@H](O)[C@@H](O)[C@@H]3O)O[C@H](CO)[C@@H](O)[C@@H]2O)[C@H](O)[C@@H](O)[C@@H]1O. The predicted molar refractivity (Wildman–Crippen MR) is 187 cm³/mol. The molecule has 5 fully saturated rings. The summed E-state index contributed by atoms with van der Waals surface area (Å²) in [6.07, 6.45) is -25.8. The van der Waals surface area contributed by atoms with Crippen LogP contribution < -0.4 is 18.9 Å². The Morgan fingerprint density at radius 2 is 1.05 bits per heavy atom.